The zero-order valence-corrected chi connectivity index (χ0v) is 17.8. The molecule has 4 atom stereocenters. The number of aliphatic hydroxyl groups excluding tert-OH is 1. The number of aromatic nitrogens is 3. The fourth-order valence-corrected chi connectivity index (χ4v) is 3.93. The fourth-order valence-electron chi connectivity index (χ4n) is 3.59. The zero-order chi connectivity index (χ0) is 23.1. The first kappa shape index (κ1) is 22.4. The number of fused-ring (bicyclic) bond motifs is 1. The van der Waals surface area contributed by atoms with Crippen molar-refractivity contribution >= 4 is 24.7 Å². The summed E-state index contributed by atoms with van der Waals surface area (Å²) in [6.45, 7) is 0.709. The molecule has 4 rings (SSSR count). The maximum Gasteiger partial charge on any atom is 0.469 e. The van der Waals surface area contributed by atoms with Crippen LogP contribution in [0.2, 0.25) is 0 Å². The van der Waals surface area contributed by atoms with Gasteiger partial charge in [-0.2, -0.15) is 0 Å². The lowest BCUT2D eigenvalue weighted by Crippen LogP contribution is -2.44. The van der Waals surface area contributed by atoms with Crippen molar-refractivity contribution < 1.29 is 33.8 Å². The number of benzene rings is 1. The third-order valence-corrected chi connectivity index (χ3v) is 5.65. The lowest BCUT2D eigenvalue weighted by molar-refractivity contribution is -0.0947. The van der Waals surface area contributed by atoms with Crippen LogP contribution in [0.25, 0.3) is 11.0 Å². The lowest BCUT2D eigenvalue weighted by Gasteiger charge is -2.27. The van der Waals surface area contributed by atoms with Crippen LogP contribution in [-0.4, -0.2) is 59.0 Å². The molecule has 12 heteroatoms. The van der Waals surface area contributed by atoms with Gasteiger partial charge in [0.15, 0.2) is 6.23 Å². The van der Waals surface area contributed by atoms with Gasteiger partial charge in [0.05, 0.1) is 17.6 Å². The number of aliphatic hydroxyl groups is 2. The van der Waals surface area contributed by atoms with Gasteiger partial charge in [0, 0.05) is 11.8 Å². The van der Waals surface area contributed by atoms with E-state index in [4.69, 9.17) is 20.3 Å². The van der Waals surface area contributed by atoms with Gasteiger partial charge < -0.3 is 35.0 Å². The number of phosphoric acid groups is 1. The van der Waals surface area contributed by atoms with Crippen LogP contribution in [-0.2, 0) is 13.8 Å². The molecule has 0 bridgehead atoms. The molecule has 0 saturated carbocycles. The minimum absolute atomic E-state index is 0.172. The molecule has 0 aliphatic carbocycles. The SMILES string of the molecule is C[C@@]1(O)C(O)C(COP(=O)(O)O)OC1n1cc(C#Cc2ccccc2)c2c(N)ncnc21. The van der Waals surface area contributed by atoms with Crippen molar-refractivity contribution in [3.63, 3.8) is 0 Å². The van der Waals surface area contributed by atoms with E-state index in [2.05, 4.69) is 26.3 Å². The Balaban J connectivity index is 1.75. The van der Waals surface area contributed by atoms with E-state index in [1.807, 2.05) is 30.3 Å². The number of ether oxygens (including phenoxy) is 1. The number of phosphoric ester groups is 1. The first-order valence-electron chi connectivity index (χ1n) is 9.52. The van der Waals surface area contributed by atoms with Crippen molar-refractivity contribution in [1.29, 1.82) is 0 Å². The number of nitrogen functional groups attached to an aromatic ring is 1. The molecule has 2 aromatic heterocycles. The second kappa shape index (κ2) is 8.27. The highest BCUT2D eigenvalue weighted by Gasteiger charge is 2.54. The predicted octanol–water partition coefficient (Wildman–Crippen LogP) is 0.532. The van der Waals surface area contributed by atoms with E-state index in [-0.39, 0.29) is 5.82 Å². The maximum atomic E-state index is 11.0. The second-order valence-electron chi connectivity index (χ2n) is 7.51. The molecule has 0 spiro atoms. The zero-order valence-electron chi connectivity index (χ0n) is 16.9. The Morgan fingerprint density at radius 1 is 1.28 bits per heavy atom. The Hall–Kier alpha value is -2.81. The Kier molecular flexibility index (Phi) is 5.79. The van der Waals surface area contributed by atoms with E-state index in [1.165, 1.54) is 17.8 Å². The lowest BCUT2D eigenvalue weighted by atomic mass is 9.96. The van der Waals surface area contributed by atoms with E-state index in [0.29, 0.717) is 16.6 Å². The van der Waals surface area contributed by atoms with Gasteiger partial charge in [-0.25, -0.2) is 14.5 Å². The average molecular weight is 460 g/mol. The number of rotatable bonds is 4. The van der Waals surface area contributed by atoms with Gasteiger partial charge in [-0.15, -0.1) is 0 Å². The molecule has 1 aliphatic rings. The summed E-state index contributed by atoms with van der Waals surface area (Å²) in [5.74, 6) is 6.22. The summed E-state index contributed by atoms with van der Waals surface area (Å²) >= 11 is 0. The first-order valence-corrected chi connectivity index (χ1v) is 11.0. The summed E-state index contributed by atoms with van der Waals surface area (Å²) in [4.78, 5) is 26.1. The molecule has 3 heterocycles. The molecule has 0 radical (unpaired) electrons. The number of hydrogen-bond donors (Lipinski definition) is 5. The van der Waals surface area contributed by atoms with E-state index >= 15 is 0 Å². The number of anilines is 1. The molecule has 32 heavy (non-hydrogen) atoms. The van der Waals surface area contributed by atoms with Gasteiger partial charge in [-0.05, 0) is 19.1 Å². The molecule has 3 unspecified atom stereocenters. The molecular formula is C20H21N4O7P. The second-order valence-corrected chi connectivity index (χ2v) is 8.75. The fraction of sp³-hybridized carbons (Fsp3) is 0.300. The van der Waals surface area contributed by atoms with E-state index < -0.39 is 38.5 Å². The molecule has 11 nitrogen and oxygen atoms in total. The van der Waals surface area contributed by atoms with E-state index in [9.17, 15) is 14.8 Å². The molecular weight excluding hydrogens is 439 g/mol. The molecule has 1 fully saturated rings. The highest BCUT2D eigenvalue weighted by atomic mass is 31.2. The predicted molar refractivity (Wildman–Crippen MR) is 113 cm³/mol. The molecule has 6 N–H and O–H groups in total. The van der Waals surface area contributed by atoms with Gasteiger partial charge in [0.1, 0.15) is 35.6 Å². The van der Waals surface area contributed by atoms with Crippen LogP contribution in [0.1, 0.15) is 24.3 Å². The standard InChI is InChI=1S/C20H21N4O7P/c1-20(26)16(25)14(10-30-32(27,28)29)31-19(20)24-9-13(8-7-12-5-3-2-4-6-12)15-17(21)22-11-23-18(15)24/h2-6,9,11,14,16,19,25-26H,10H2,1H3,(H2,21,22,23)(H2,27,28,29)/t14?,16?,19?,20-/m1/s1. The smallest absolute Gasteiger partial charge is 0.387 e. The van der Waals surface area contributed by atoms with Crippen molar-refractivity contribution in [2.45, 2.75) is 31.0 Å². The van der Waals surface area contributed by atoms with Crippen LogP contribution in [0, 0.1) is 11.8 Å². The van der Waals surface area contributed by atoms with Crippen molar-refractivity contribution in [1.82, 2.24) is 14.5 Å². The minimum atomic E-state index is -4.79. The highest BCUT2D eigenvalue weighted by Crippen LogP contribution is 2.43. The third-order valence-electron chi connectivity index (χ3n) is 5.17. The van der Waals surface area contributed by atoms with Crippen LogP contribution in [0.4, 0.5) is 5.82 Å². The molecule has 0 amide bonds. The summed E-state index contributed by atoms with van der Waals surface area (Å²) in [7, 11) is -4.79. The maximum absolute atomic E-state index is 11.0. The highest BCUT2D eigenvalue weighted by molar-refractivity contribution is 7.46. The van der Waals surface area contributed by atoms with Gasteiger partial charge in [-0.3, -0.25) is 4.52 Å². The van der Waals surface area contributed by atoms with Crippen LogP contribution < -0.4 is 5.73 Å². The van der Waals surface area contributed by atoms with Crippen molar-refractivity contribution in [3.8, 4) is 11.8 Å². The van der Waals surface area contributed by atoms with E-state index in [1.54, 1.807) is 6.20 Å². The molecule has 1 saturated heterocycles. The van der Waals surface area contributed by atoms with Gasteiger partial charge in [0.2, 0.25) is 0 Å². The van der Waals surface area contributed by atoms with Crippen LogP contribution >= 0.6 is 7.82 Å². The van der Waals surface area contributed by atoms with Gasteiger partial charge in [0.25, 0.3) is 0 Å². The average Bonchev–Trinajstić information content (AvgIpc) is 3.21. The van der Waals surface area contributed by atoms with Crippen molar-refractivity contribution in [2.75, 3.05) is 12.3 Å². The Morgan fingerprint density at radius 3 is 2.69 bits per heavy atom. The number of hydrogen-bond acceptors (Lipinski definition) is 8. The summed E-state index contributed by atoms with van der Waals surface area (Å²) in [6.07, 6.45) is -1.07. The largest absolute Gasteiger partial charge is 0.469 e. The van der Waals surface area contributed by atoms with Crippen LogP contribution in [0.15, 0.2) is 42.9 Å². The minimum Gasteiger partial charge on any atom is -0.387 e. The summed E-state index contributed by atoms with van der Waals surface area (Å²) in [6, 6.07) is 9.28. The van der Waals surface area contributed by atoms with Crippen LogP contribution in [0.5, 0.6) is 0 Å². The molecule has 1 aromatic carbocycles. The molecule has 3 aromatic rings. The van der Waals surface area contributed by atoms with Gasteiger partial charge >= 0.3 is 7.82 Å². The molecule has 168 valence electrons. The molecule has 1 aliphatic heterocycles. The van der Waals surface area contributed by atoms with Gasteiger partial charge in [-0.1, -0.05) is 30.0 Å². The third kappa shape index (κ3) is 4.26. The number of nitrogens with zero attached hydrogens (tertiary/aromatic N) is 3. The topological polar surface area (TPSA) is 173 Å². The monoisotopic (exact) mass is 460 g/mol. The summed E-state index contributed by atoms with van der Waals surface area (Å²) in [5.41, 5.74) is 5.78. The quantitative estimate of drug-likeness (QED) is 0.273. The summed E-state index contributed by atoms with van der Waals surface area (Å²) in [5, 5.41) is 21.9. The van der Waals surface area contributed by atoms with Crippen LogP contribution in [0.3, 0.4) is 0 Å². The Morgan fingerprint density at radius 2 is 2.00 bits per heavy atom. The van der Waals surface area contributed by atoms with Crippen molar-refractivity contribution in [3.05, 3.63) is 54.0 Å². The van der Waals surface area contributed by atoms with Crippen molar-refractivity contribution in [2.24, 2.45) is 0 Å². The first-order chi connectivity index (χ1) is 15.1. The number of nitrogens with two attached hydrogens (primary N) is 1. The normalized spacial score (nSPS) is 25.6. The Bertz CT molecular complexity index is 1250. The summed E-state index contributed by atoms with van der Waals surface area (Å²) < 4.78 is 22.7. The Labute approximate surface area is 182 Å². The van der Waals surface area contributed by atoms with E-state index in [0.717, 1.165) is 5.56 Å².